The van der Waals surface area contributed by atoms with Crippen LogP contribution < -0.4 is 5.32 Å². The number of carbonyl (C=O) groups excluding carboxylic acids is 3. The first kappa shape index (κ1) is 23.4. The van der Waals surface area contributed by atoms with E-state index in [9.17, 15) is 23.2 Å². The second-order valence-electron chi connectivity index (χ2n) is 7.93. The standard InChI is InChI=1S/C24H26F2N2O4/c1-15(17-3-7-20(25)8-4-17)27-22(29)16(2)32-24(31)19-11-13-28(14-12-19)23(30)18-5-9-21(26)10-6-18/h3-10,15-16,19H,11-14H2,1-2H3,(H,27,29). The maximum absolute atomic E-state index is 13.1. The van der Waals surface area contributed by atoms with Gasteiger partial charge in [-0.05, 0) is 68.7 Å². The zero-order valence-electron chi connectivity index (χ0n) is 18.0. The maximum Gasteiger partial charge on any atom is 0.309 e. The van der Waals surface area contributed by atoms with Crippen LogP contribution in [0.25, 0.3) is 0 Å². The number of likely N-dealkylation sites (tertiary alicyclic amines) is 1. The van der Waals surface area contributed by atoms with Crippen LogP contribution in [0.5, 0.6) is 0 Å². The Balaban J connectivity index is 1.46. The summed E-state index contributed by atoms with van der Waals surface area (Å²) in [6, 6.07) is 10.8. The molecule has 6 nitrogen and oxygen atoms in total. The van der Waals surface area contributed by atoms with Gasteiger partial charge >= 0.3 is 5.97 Å². The van der Waals surface area contributed by atoms with E-state index in [1.165, 1.54) is 43.3 Å². The molecular weight excluding hydrogens is 418 g/mol. The number of nitrogens with one attached hydrogen (secondary N) is 1. The van der Waals surface area contributed by atoms with Crippen molar-refractivity contribution >= 4 is 17.8 Å². The Morgan fingerprint density at radius 2 is 1.47 bits per heavy atom. The van der Waals surface area contributed by atoms with Crippen LogP contribution in [0.3, 0.4) is 0 Å². The number of piperidine rings is 1. The lowest BCUT2D eigenvalue weighted by Crippen LogP contribution is -2.42. The summed E-state index contributed by atoms with van der Waals surface area (Å²) in [7, 11) is 0. The van der Waals surface area contributed by atoms with Gasteiger partial charge in [0, 0.05) is 18.7 Å². The lowest BCUT2D eigenvalue weighted by Gasteiger charge is -2.31. The van der Waals surface area contributed by atoms with Crippen LogP contribution in [-0.4, -0.2) is 41.9 Å². The number of carbonyl (C=O) groups is 3. The van der Waals surface area contributed by atoms with Crippen molar-refractivity contribution in [3.63, 3.8) is 0 Å². The highest BCUT2D eigenvalue weighted by atomic mass is 19.1. The molecule has 1 aliphatic heterocycles. The molecule has 2 unspecified atom stereocenters. The molecule has 0 spiro atoms. The molecule has 2 aromatic carbocycles. The molecule has 3 rings (SSSR count). The maximum atomic E-state index is 13.1. The van der Waals surface area contributed by atoms with E-state index < -0.39 is 29.7 Å². The second kappa shape index (κ2) is 10.3. The second-order valence-corrected chi connectivity index (χ2v) is 7.93. The van der Waals surface area contributed by atoms with E-state index in [1.807, 2.05) is 0 Å². The Kier molecular flexibility index (Phi) is 7.56. The minimum atomic E-state index is -0.982. The summed E-state index contributed by atoms with van der Waals surface area (Å²) < 4.78 is 31.4. The molecule has 1 N–H and O–H groups in total. The predicted molar refractivity (Wildman–Crippen MR) is 114 cm³/mol. The number of esters is 1. The van der Waals surface area contributed by atoms with Crippen molar-refractivity contribution in [1.82, 2.24) is 10.2 Å². The van der Waals surface area contributed by atoms with Gasteiger partial charge in [-0.2, -0.15) is 0 Å². The monoisotopic (exact) mass is 444 g/mol. The third-order valence-corrected chi connectivity index (χ3v) is 5.60. The molecule has 1 aliphatic rings. The molecule has 0 saturated carbocycles. The largest absolute Gasteiger partial charge is 0.452 e. The van der Waals surface area contributed by atoms with Crippen LogP contribution in [0.2, 0.25) is 0 Å². The minimum absolute atomic E-state index is 0.209. The van der Waals surface area contributed by atoms with Crippen molar-refractivity contribution in [2.45, 2.75) is 38.8 Å². The zero-order valence-corrected chi connectivity index (χ0v) is 18.0. The number of rotatable bonds is 6. The number of amides is 2. The molecule has 0 aromatic heterocycles. The summed E-state index contributed by atoms with van der Waals surface area (Å²) >= 11 is 0. The molecule has 0 aliphatic carbocycles. The van der Waals surface area contributed by atoms with Gasteiger partial charge in [0.25, 0.3) is 11.8 Å². The fourth-order valence-electron chi connectivity index (χ4n) is 3.58. The van der Waals surface area contributed by atoms with E-state index in [4.69, 9.17) is 4.74 Å². The van der Waals surface area contributed by atoms with Crippen molar-refractivity contribution in [3.8, 4) is 0 Å². The Labute approximate surface area is 185 Å². The normalized spacial score (nSPS) is 16.2. The first-order chi connectivity index (χ1) is 15.2. The van der Waals surface area contributed by atoms with E-state index in [0.717, 1.165) is 5.56 Å². The molecule has 2 aromatic rings. The zero-order chi connectivity index (χ0) is 23.3. The summed E-state index contributed by atoms with van der Waals surface area (Å²) in [4.78, 5) is 39.0. The van der Waals surface area contributed by atoms with Crippen LogP contribution in [0.15, 0.2) is 48.5 Å². The average Bonchev–Trinajstić information content (AvgIpc) is 2.79. The van der Waals surface area contributed by atoms with Crippen LogP contribution in [0.1, 0.15) is 48.7 Å². The van der Waals surface area contributed by atoms with Crippen molar-refractivity contribution in [2.75, 3.05) is 13.1 Å². The molecule has 170 valence electrons. The van der Waals surface area contributed by atoms with E-state index >= 15 is 0 Å². The van der Waals surface area contributed by atoms with Crippen LogP contribution >= 0.6 is 0 Å². The topological polar surface area (TPSA) is 75.7 Å². The lowest BCUT2D eigenvalue weighted by atomic mass is 9.96. The lowest BCUT2D eigenvalue weighted by molar-refractivity contribution is -0.160. The first-order valence-electron chi connectivity index (χ1n) is 10.6. The number of halogens is 2. The van der Waals surface area contributed by atoms with Gasteiger partial charge in [0.2, 0.25) is 0 Å². The van der Waals surface area contributed by atoms with Gasteiger partial charge in [0.05, 0.1) is 12.0 Å². The number of ether oxygens (including phenoxy) is 1. The van der Waals surface area contributed by atoms with Crippen LogP contribution in [0.4, 0.5) is 8.78 Å². The number of benzene rings is 2. The van der Waals surface area contributed by atoms with Gasteiger partial charge in [-0.25, -0.2) is 8.78 Å². The van der Waals surface area contributed by atoms with E-state index in [-0.39, 0.29) is 17.8 Å². The van der Waals surface area contributed by atoms with Crippen molar-refractivity contribution in [3.05, 3.63) is 71.3 Å². The van der Waals surface area contributed by atoms with Gasteiger partial charge in [0.1, 0.15) is 11.6 Å². The summed E-state index contributed by atoms with van der Waals surface area (Å²) in [5.74, 6) is -2.31. The number of nitrogens with zero attached hydrogens (tertiary/aromatic N) is 1. The summed E-state index contributed by atoms with van der Waals surface area (Å²) in [5.41, 5.74) is 1.13. The van der Waals surface area contributed by atoms with Crippen molar-refractivity contribution < 1.29 is 27.9 Å². The molecule has 0 radical (unpaired) electrons. The molecule has 0 bridgehead atoms. The molecule has 8 heteroatoms. The Bertz CT molecular complexity index is 955. The van der Waals surface area contributed by atoms with Gasteiger partial charge in [0.15, 0.2) is 6.10 Å². The molecule has 2 amide bonds. The number of hydrogen-bond donors (Lipinski definition) is 1. The van der Waals surface area contributed by atoms with E-state index in [2.05, 4.69) is 5.32 Å². The molecule has 1 saturated heterocycles. The molecule has 2 atom stereocenters. The van der Waals surface area contributed by atoms with E-state index in [1.54, 1.807) is 24.0 Å². The van der Waals surface area contributed by atoms with Crippen molar-refractivity contribution in [1.29, 1.82) is 0 Å². The summed E-state index contributed by atoms with van der Waals surface area (Å²) in [5, 5.41) is 2.75. The summed E-state index contributed by atoms with van der Waals surface area (Å²) in [6.45, 7) is 4.00. The number of hydrogen-bond acceptors (Lipinski definition) is 4. The Morgan fingerprint density at radius 1 is 0.938 bits per heavy atom. The van der Waals surface area contributed by atoms with Gasteiger partial charge in [-0.15, -0.1) is 0 Å². The smallest absolute Gasteiger partial charge is 0.309 e. The molecule has 1 fully saturated rings. The Hall–Kier alpha value is -3.29. The highest BCUT2D eigenvalue weighted by molar-refractivity contribution is 5.94. The van der Waals surface area contributed by atoms with Crippen LogP contribution in [-0.2, 0) is 14.3 Å². The minimum Gasteiger partial charge on any atom is -0.452 e. The van der Waals surface area contributed by atoms with Gasteiger partial charge in [-0.1, -0.05) is 12.1 Å². The van der Waals surface area contributed by atoms with Gasteiger partial charge in [-0.3, -0.25) is 14.4 Å². The molecule has 1 heterocycles. The van der Waals surface area contributed by atoms with Crippen LogP contribution in [0, 0.1) is 17.6 Å². The first-order valence-corrected chi connectivity index (χ1v) is 10.6. The fraction of sp³-hybridized carbons (Fsp3) is 0.375. The molecule has 32 heavy (non-hydrogen) atoms. The molecular formula is C24H26F2N2O4. The summed E-state index contributed by atoms with van der Waals surface area (Å²) in [6.07, 6.45) is -0.137. The third kappa shape index (κ3) is 5.90. The fourth-order valence-corrected chi connectivity index (χ4v) is 3.58. The quantitative estimate of drug-likeness (QED) is 0.691. The van der Waals surface area contributed by atoms with Crippen molar-refractivity contribution in [2.24, 2.45) is 5.92 Å². The highest BCUT2D eigenvalue weighted by Gasteiger charge is 2.31. The third-order valence-electron chi connectivity index (χ3n) is 5.60. The SMILES string of the molecule is CC(OC(=O)C1CCN(C(=O)c2ccc(F)cc2)CC1)C(=O)NC(C)c1ccc(F)cc1. The van der Waals surface area contributed by atoms with Gasteiger partial charge < -0.3 is 15.0 Å². The Morgan fingerprint density at radius 3 is 2.03 bits per heavy atom. The predicted octanol–water partition coefficient (Wildman–Crippen LogP) is 3.63. The highest BCUT2D eigenvalue weighted by Crippen LogP contribution is 2.21. The average molecular weight is 444 g/mol. The van der Waals surface area contributed by atoms with E-state index in [0.29, 0.717) is 31.5 Å².